The third kappa shape index (κ3) is 6.17. The number of hydrogen-bond donors (Lipinski definition) is 2. The lowest BCUT2D eigenvalue weighted by Gasteiger charge is -2.24. The molecule has 0 heterocycles. The van der Waals surface area contributed by atoms with Gasteiger partial charge in [-0.05, 0) is 51.3 Å². The number of ether oxygens (including phenoxy) is 1. The first kappa shape index (κ1) is 17.5. The van der Waals surface area contributed by atoms with Crippen LogP contribution in [-0.2, 0) is 4.79 Å². The van der Waals surface area contributed by atoms with Crippen LogP contribution in [0.1, 0.15) is 46.1 Å². The first-order valence-electron chi connectivity index (χ1n) is 7.41. The molecule has 0 bridgehead atoms. The third-order valence-corrected chi connectivity index (χ3v) is 3.49. The highest BCUT2D eigenvalue weighted by Gasteiger charge is 2.17. The van der Waals surface area contributed by atoms with Gasteiger partial charge in [0.1, 0.15) is 5.75 Å². The molecule has 0 aliphatic carbocycles. The van der Waals surface area contributed by atoms with Gasteiger partial charge in [0.15, 0.2) is 0 Å². The van der Waals surface area contributed by atoms with Gasteiger partial charge >= 0.3 is 0 Å². The summed E-state index contributed by atoms with van der Waals surface area (Å²) in [6.07, 6.45) is 0. The van der Waals surface area contributed by atoms with Crippen molar-refractivity contribution >= 4 is 5.91 Å². The van der Waals surface area contributed by atoms with E-state index < -0.39 is 0 Å². The van der Waals surface area contributed by atoms with Crippen molar-refractivity contribution in [1.82, 2.24) is 10.6 Å². The van der Waals surface area contributed by atoms with Crippen LogP contribution in [0.3, 0.4) is 0 Å². The number of carbonyl (C=O) groups is 1. The average Bonchev–Trinajstić information content (AvgIpc) is 2.42. The van der Waals surface area contributed by atoms with E-state index in [9.17, 15) is 4.79 Å². The summed E-state index contributed by atoms with van der Waals surface area (Å²) >= 11 is 0. The van der Waals surface area contributed by atoms with Crippen molar-refractivity contribution in [3.63, 3.8) is 0 Å². The van der Waals surface area contributed by atoms with Crippen LogP contribution in [0.25, 0.3) is 0 Å². The van der Waals surface area contributed by atoms with Crippen molar-refractivity contribution in [1.29, 1.82) is 0 Å². The Morgan fingerprint density at radius 1 is 1.19 bits per heavy atom. The van der Waals surface area contributed by atoms with Gasteiger partial charge in [-0.15, -0.1) is 0 Å². The molecule has 1 amide bonds. The summed E-state index contributed by atoms with van der Waals surface area (Å²) in [6.45, 7) is 10.5. The molecule has 0 saturated carbocycles. The molecule has 0 aliphatic rings. The molecule has 4 heteroatoms. The number of benzene rings is 1. The first-order chi connectivity index (χ1) is 9.73. The fourth-order valence-corrected chi connectivity index (χ4v) is 2.09. The second-order valence-corrected chi connectivity index (χ2v) is 6.53. The zero-order valence-corrected chi connectivity index (χ0v) is 14.0. The molecule has 4 nitrogen and oxygen atoms in total. The minimum Gasteiger partial charge on any atom is -0.497 e. The van der Waals surface area contributed by atoms with Crippen molar-refractivity contribution in [2.24, 2.45) is 0 Å². The summed E-state index contributed by atoms with van der Waals surface area (Å²) in [5.74, 6) is 1.20. The predicted octanol–water partition coefficient (Wildman–Crippen LogP) is 2.69. The fourth-order valence-electron chi connectivity index (χ4n) is 2.09. The van der Waals surface area contributed by atoms with Gasteiger partial charge in [0, 0.05) is 11.6 Å². The average molecular weight is 292 g/mol. The van der Waals surface area contributed by atoms with Crippen LogP contribution in [0.15, 0.2) is 24.3 Å². The number of methoxy groups -OCH3 is 1. The number of nitrogens with one attached hydrogen (secondary N) is 2. The van der Waals surface area contributed by atoms with Crippen molar-refractivity contribution in [3.8, 4) is 5.75 Å². The SMILES string of the molecule is COc1ccc([C@@H](C)[C@@H](C)NCC(=O)NC(C)(C)C)cc1. The van der Waals surface area contributed by atoms with E-state index in [1.807, 2.05) is 32.9 Å². The molecule has 0 fully saturated rings. The van der Waals surface area contributed by atoms with Crippen LogP contribution in [0.2, 0.25) is 0 Å². The summed E-state index contributed by atoms with van der Waals surface area (Å²) in [7, 11) is 1.66. The molecule has 0 saturated heterocycles. The molecule has 2 N–H and O–H groups in total. The highest BCUT2D eigenvalue weighted by Crippen LogP contribution is 2.21. The topological polar surface area (TPSA) is 50.4 Å². The van der Waals surface area contributed by atoms with Gasteiger partial charge in [0.05, 0.1) is 13.7 Å². The number of amides is 1. The molecule has 0 aliphatic heterocycles. The highest BCUT2D eigenvalue weighted by molar-refractivity contribution is 5.78. The van der Waals surface area contributed by atoms with Crippen molar-refractivity contribution < 1.29 is 9.53 Å². The van der Waals surface area contributed by atoms with Crippen LogP contribution in [0.5, 0.6) is 5.75 Å². The predicted molar refractivity (Wildman–Crippen MR) is 86.8 cm³/mol. The molecule has 21 heavy (non-hydrogen) atoms. The molecule has 0 radical (unpaired) electrons. The maximum Gasteiger partial charge on any atom is 0.234 e. The van der Waals surface area contributed by atoms with Crippen LogP contribution >= 0.6 is 0 Å². The molecule has 1 aromatic carbocycles. The molecule has 1 aromatic rings. The normalized spacial score (nSPS) is 14.4. The number of rotatable bonds is 6. The van der Waals surface area contributed by atoms with Gasteiger partial charge in [0.2, 0.25) is 5.91 Å². The zero-order chi connectivity index (χ0) is 16.0. The van der Waals surface area contributed by atoms with E-state index in [0.717, 1.165) is 5.75 Å². The molecule has 1 rings (SSSR count). The van der Waals surface area contributed by atoms with Gasteiger partial charge < -0.3 is 15.4 Å². The Morgan fingerprint density at radius 3 is 2.24 bits per heavy atom. The van der Waals surface area contributed by atoms with E-state index in [2.05, 4.69) is 36.6 Å². The molecule has 0 unspecified atom stereocenters. The fraction of sp³-hybridized carbons (Fsp3) is 0.588. The summed E-state index contributed by atoms with van der Waals surface area (Å²) in [5.41, 5.74) is 1.04. The van der Waals surface area contributed by atoms with Crippen molar-refractivity contribution in [2.45, 2.75) is 52.1 Å². The van der Waals surface area contributed by atoms with Crippen molar-refractivity contribution in [3.05, 3.63) is 29.8 Å². The van der Waals surface area contributed by atoms with Gasteiger partial charge in [-0.2, -0.15) is 0 Å². The first-order valence-corrected chi connectivity index (χ1v) is 7.41. The second kappa shape index (κ2) is 7.46. The van der Waals surface area contributed by atoms with Gasteiger partial charge in [-0.3, -0.25) is 4.79 Å². The lowest BCUT2D eigenvalue weighted by atomic mass is 9.94. The molecule has 0 spiro atoms. The van der Waals surface area contributed by atoms with E-state index in [4.69, 9.17) is 4.74 Å². The minimum atomic E-state index is -0.191. The van der Waals surface area contributed by atoms with Crippen molar-refractivity contribution in [2.75, 3.05) is 13.7 Å². The van der Waals surface area contributed by atoms with Crippen LogP contribution in [0, 0.1) is 0 Å². The largest absolute Gasteiger partial charge is 0.497 e. The van der Waals surface area contributed by atoms with Crippen LogP contribution < -0.4 is 15.4 Å². The summed E-state index contributed by atoms with van der Waals surface area (Å²) < 4.78 is 5.17. The highest BCUT2D eigenvalue weighted by atomic mass is 16.5. The van der Waals surface area contributed by atoms with Gasteiger partial charge in [0.25, 0.3) is 0 Å². The summed E-state index contributed by atoms with van der Waals surface area (Å²) in [4.78, 5) is 11.8. The molecule has 2 atom stereocenters. The Hall–Kier alpha value is -1.55. The van der Waals surface area contributed by atoms with E-state index in [0.29, 0.717) is 12.5 Å². The minimum absolute atomic E-state index is 0.0243. The zero-order valence-electron chi connectivity index (χ0n) is 14.0. The summed E-state index contributed by atoms with van der Waals surface area (Å²) in [5, 5.41) is 6.24. The standard InChI is InChI=1S/C17H28N2O2/c1-12(14-7-9-15(21-6)10-8-14)13(2)18-11-16(20)19-17(3,4)5/h7-10,12-13,18H,11H2,1-6H3,(H,19,20)/t12-,13+/m0/s1. The lowest BCUT2D eigenvalue weighted by Crippen LogP contribution is -2.46. The molecule has 0 aromatic heterocycles. The molecule has 118 valence electrons. The quantitative estimate of drug-likeness (QED) is 0.847. The lowest BCUT2D eigenvalue weighted by molar-refractivity contribution is -0.121. The number of hydrogen-bond acceptors (Lipinski definition) is 3. The molecular weight excluding hydrogens is 264 g/mol. The van der Waals surface area contributed by atoms with Crippen LogP contribution in [0.4, 0.5) is 0 Å². The maximum absolute atomic E-state index is 11.8. The van der Waals surface area contributed by atoms with Crippen LogP contribution in [-0.4, -0.2) is 31.1 Å². The Morgan fingerprint density at radius 2 is 1.76 bits per heavy atom. The van der Waals surface area contributed by atoms with E-state index in [1.54, 1.807) is 7.11 Å². The maximum atomic E-state index is 11.8. The van der Waals surface area contributed by atoms with Gasteiger partial charge in [-0.1, -0.05) is 19.1 Å². The molecular formula is C17H28N2O2. The monoisotopic (exact) mass is 292 g/mol. The van der Waals surface area contributed by atoms with E-state index in [1.165, 1.54) is 5.56 Å². The van der Waals surface area contributed by atoms with E-state index >= 15 is 0 Å². The Kier molecular flexibility index (Phi) is 6.21. The Balaban J connectivity index is 2.50. The number of carbonyl (C=O) groups excluding carboxylic acids is 1. The Bertz CT molecular complexity index is 449. The smallest absolute Gasteiger partial charge is 0.234 e. The third-order valence-electron chi connectivity index (χ3n) is 3.49. The summed E-state index contributed by atoms with van der Waals surface area (Å²) in [6, 6.07) is 8.27. The van der Waals surface area contributed by atoms with E-state index in [-0.39, 0.29) is 17.5 Å². The van der Waals surface area contributed by atoms with Gasteiger partial charge in [-0.25, -0.2) is 0 Å². The second-order valence-electron chi connectivity index (χ2n) is 6.53. The Labute approximate surface area is 128 Å².